The maximum atomic E-state index is 10.0. The summed E-state index contributed by atoms with van der Waals surface area (Å²) in [6.45, 7) is 0. The van der Waals surface area contributed by atoms with Crippen LogP contribution >= 0.6 is 0 Å². The summed E-state index contributed by atoms with van der Waals surface area (Å²) in [6, 6.07) is 17.8. The fraction of sp³-hybridized carbons (Fsp3) is 0. The standard InChI is InChI=1S/C7H6O.C6H6O/c8-6-7-4-2-1-3-5-7;7-6-4-2-1-3-5-6/h1-6H;1-5,7H. The Hall–Kier alpha value is -2.09. The van der Waals surface area contributed by atoms with Gasteiger partial charge in [-0.2, -0.15) is 0 Å². The smallest absolute Gasteiger partial charge is 0.150 e. The van der Waals surface area contributed by atoms with Crippen LogP contribution in [0, 0.1) is 0 Å². The summed E-state index contributed by atoms with van der Waals surface area (Å²) in [5, 5.41) is 8.63. The Balaban J connectivity index is 0.000000151. The average Bonchev–Trinajstić information content (AvgIpc) is 2.32. The van der Waals surface area contributed by atoms with Crippen molar-refractivity contribution in [2.75, 3.05) is 0 Å². The summed E-state index contributed by atoms with van der Waals surface area (Å²) < 4.78 is 0. The van der Waals surface area contributed by atoms with E-state index in [1.807, 2.05) is 24.3 Å². The molecule has 0 amide bonds. The van der Waals surface area contributed by atoms with Gasteiger partial charge in [-0.3, -0.25) is 4.79 Å². The minimum absolute atomic E-state index is 0.322. The van der Waals surface area contributed by atoms with Gasteiger partial charge in [0.25, 0.3) is 0 Å². The Morgan fingerprint density at radius 2 is 1.27 bits per heavy atom. The second kappa shape index (κ2) is 6.38. The van der Waals surface area contributed by atoms with E-state index in [-0.39, 0.29) is 0 Å². The molecule has 0 aliphatic carbocycles. The number of aldehydes is 1. The highest BCUT2D eigenvalue weighted by molar-refractivity contribution is 5.74. The summed E-state index contributed by atoms with van der Waals surface area (Å²) in [5.41, 5.74) is 0.729. The van der Waals surface area contributed by atoms with E-state index >= 15 is 0 Å². The van der Waals surface area contributed by atoms with E-state index in [0.717, 1.165) is 11.8 Å². The lowest BCUT2D eigenvalue weighted by Crippen LogP contribution is -1.73. The molecule has 2 aromatic rings. The lowest BCUT2D eigenvalue weighted by atomic mass is 10.2. The molecule has 0 saturated carbocycles. The minimum atomic E-state index is 0.322. The number of phenols is 1. The van der Waals surface area contributed by atoms with Crippen molar-refractivity contribution in [2.24, 2.45) is 0 Å². The van der Waals surface area contributed by atoms with Gasteiger partial charge in [0.15, 0.2) is 0 Å². The minimum Gasteiger partial charge on any atom is -0.508 e. The highest BCUT2D eigenvalue weighted by Crippen LogP contribution is 2.02. The fourth-order valence-electron chi connectivity index (χ4n) is 0.960. The van der Waals surface area contributed by atoms with Crippen LogP contribution < -0.4 is 0 Å². The Bertz CT molecular complexity index is 382. The van der Waals surface area contributed by atoms with Crippen molar-refractivity contribution in [3.05, 3.63) is 66.2 Å². The molecule has 0 radical (unpaired) electrons. The SMILES string of the molecule is O=Cc1ccccc1.Oc1ccccc1. The van der Waals surface area contributed by atoms with Crippen molar-refractivity contribution in [1.82, 2.24) is 0 Å². The number of carbonyl (C=O) groups is 1. The van der Waals surface area contributed by atoms with Crippen molar-refractivity contribution in [2.45, 2.75) is 0 Å². The Morgan fingerprint density at radius 1 is 0.800 bits per heavy atom. The van der Waals surface area contributed by atoms with Crippen LogP contribution in [0.5, 0.6) is 5.75 Å². The van der Waals surface area contributed by atoms with Gasteiger partial charge in [-0.1, -0.05) is 48.5 Å². The first-order chi connectivity index (χ1) is 7.33. The van der Waals surface area contributed by atoms with Gasteiger partial charge in [-0.25, -0.2) is 0 Å². The van der Waals surface area contributed by atoms with Crippen molar-refractivity contribution in [3.8, 4) is 5.75 Å². The highest BCUT2D eigenvalue weighted by Gasteiger charge is 1.80. The molecule has 76 valence electrons. The first-order valence-corrected chi connectivity index (χ1v) is 4.57. The molecule has 15 heavy (non-hydrogen) atoms. The van der Waals surface area contributed by atoms with E-state index in [2.05, 4.69) is 0 Å². The third kappa shape index (κ3) is 4.62. The van der Waals surface area contributed by atoms with Crippen molar-refractivity contribution in [1.29, 1.82) is 0 Å². The zero-order valence-electron chi connectivity index (χ0n) is 8.21. The molecule has 2 heteroatoms. The van der Waals surface area contributed by atoms with Gasteiger partial charge in [0.2, 0.25) is 0 Å². The molecule has 2 rings (SSSR count). The number of phenolic OH excluding ortho intramolecular Hbond substituents is 1. The number of carbonyl (C=O) groups excluding carboxylic acids is 1. The third-order valence-corrected chi connectivity index (χ3v) is 1.69. The number of benzene rings is 2. The predicted octanol–water partition coefficient (Wildman–Crippen LogP) is 2.89. The molecule has 0 aliphatic rings. The topological polar surface area (TPSA) is 37.3 Å². The zero-order chi connectivity index (χ0) is 10.9. The van der Waals surface area contributed by atoms with Crippen LogP contribution in [-0.4, -0.2) is 11.4 Å². The molecular formula is C13H12O2. The van der Waals surface area contributed by atoms with E-state index in [9.17, 15) is 4.79 Å². The lowest BCUT2D eigenvalue weighted by Gasteiger charge is -1.82. The summed E-state index contributed by atoms with van der Waals surface area (Å²) in [7, 11) is 0. The van der Waals surface area contributed by atoms with Crippen LogP contribution in [0.1, 0.15) is 10.4 Å². The normalized spacial score (nSPS) is 8.53. The molecule has 2 aromatic carbocycles. The maximum Gasteiger partial charge on any atom is 0.150 e. The van der Waals surface area contributed by atoms with Crippen LogP contribution in [0.4, 0.5) is 0 Å². The molecule has 0 bridgehead atoms. The molecule has 0 unspecified atom stereocenters. The number of hydrogen-bond donors (Lipinski definition) is 1. The van der Waals surface area contributed by atoms with Crippen LogP contribution in [0.2, 0.25) is 0 Å². The average molecular weight is 200 g/mol. The third-order valence-electron chi connectivity index (χ3n) is 1.69. The van der Waals surface area contributed by atoms with Gasteiger partial charge in [0, 0.05) is 5.56 Å². The summed E-state index contributed by atoms with van der Waals surface area (Å²) >= 11 is 0. The Kier molecular flexibility index (Phi) is 4.67. The summed E-state index contributed by atoms with van der Waals surface area (Å²) in [6.07, 6.45) is 0.833. The molecule has 2 nitrogen and oxygen atoms in total. The number of rotatable bonds is 1. The quantitative estimate of drug-likeness (QED) is 0.718. The van der Waals surface area contributed by atoms with Crippen molar-refractivity contribution < 1.29 is 9.90 Å². The second-order valence-corrected chi connectivity index (χ2v) is 2.86. The second-order valence-electron chi connectivity index (χ2n) is 2.86. The first-order valence-electron chi connectivity index (χ1n) is 4.57. The van der Waals surface area contributed by atoms with Gasteiger partial charge < -0.3 is 5.11 Å². The van der Waals surface area contributed by atoms with Crippen LogP contribution in [0.15, 0.2) is 60.7 Å². The molecule has 0 fully saturated rings. The predicted molar refractivity (Wildman–Crippen MR) is 59.9 cm³/mol. The Labute approximate surface area is 88.8 Å². The molecule has 0 saturated heterocycles. The van der Waals surface area contributed by atoms with Crippen molar-refractivity contribution in [3.63, 3.8) is 0 Å². The maximum absolute atomic E-state index is 10.0. The van der Waals surface area contributed by atoms with E-state index < -0.39 is 0 Å². The van der Waals surface area contributed by atoms with Gasteiger partial charge in [-0.15, -0.1) is 0 Å². The van der Waals surface area contributed by atoms with E-state index in [1.165, 1.54) is 0 Å². The monoisotopic (exact) mass is 200 g/mol. The van der Waals surface area contributed by atoms with E-state index in [1.54, 1.807) is 36.4 Å². The van der Waals surface area contributed by atoms with Crippen LogP contribution in [0.25, 0.3) is 0 Å². The highest BCUT2D eigenvalue weighted by atomic mass is 16.3. The molecule has 0 spiro atoms. The lowest BCUT2D eigenvalue weighted by molar-refractivity contribution is 0.112. The molecular weight excluding hydrogens is 188 g/mol. The zero-order valence-corrected chi connectivity index (χ0v) is 8.21. The van der Waals surface area contributed by atoms with E-state index in [4.69, 9.17) is 5.11 Å². The summed E-state index contributed by atoms with van der Waals surface area (Å²) in [5.74, 6) is 0.322. The molecule has 1 N–H and O–H groups in total. The Morgan fingerprint density at radius 3 is 1.53 bits per heavy atom. The van der Waals surface area contributed by atoms with Gasteiger partial charge in [-0.05, 0) is 12.1 Å². The number of aromatic hydroxyl groups is 1. The number of hydrogen-bond acceptors (Lipinski definition) is 2. The fourth-order valence-corrected chi connectivity index (χ4v) is 0.960. The van der Waals surface area contributed by atoms with Gasteiger partial charge in [0.05, 0.1) is 0 Å². The van der Waals surface area contributed by atoms with Crippen LogP contribution in [-0.2, 0) is 0 Å². The number of para-hydroxylation sites is 1. The largest absolute Gasteiger partial charge is 0.508 e. The van der Waals surface area contributed by atoms with Crippen LogP contribution in [0.3, 0.4) is 0 Å². The molecule has 0 heterocycles. The summed E-state index contributed by atoms with van der Waals surface area (Å²) in [4.78, 5) is 10.0. The van der Waals surface area contributed by atoms with E-state index in [0.29, 0.717) is 5.75 Å². The molecule has 0 atom stereocenters. The molecule has 0 aromatic heterocycles. The molecule has 0 aliphatic heterocycles. The van der Waals surface area contributed by atoms with Gasteiger partial charge in [0.1, 0.15) is 12.0 Å². The van der Waals surface area contributed by atoms with Crippen molar-refractivity contribution >= 4 is 6.29 Å². The van der Waals surface area contributed by atoms with Gasteiger partial charge >= 0.3 is 0 Å². The first kappa shape index (κ1) is 11.0.